The first kappa shape index (κ1) is 30.7. The molecular formula is C28H31N7O5S2. The maximum atomic E-state index is 13.6. The number of thioether (sulfide) groups is 1. The Kier molecular flexibility index (Phi) is 9.29. The van der Waals surface area contributed by atoms with E-state index in [1.807, 2.05) is 20.8 Å². The van der Waals surface area contributed by atoms with E-state index in [4.69, 9.17) is 15.3 Å². The Bertz CT molecular complexity index is 1660. The minimum atomic E-state index is -4.16. The maximum Gasteiger partial charge on any atom is 0.263 e. The summed E-state index contributed by atoms with van der Waals surface area (Å²) in [6.07, 6.45) is 3.01. The van der Waals surface area contributed by atoms with Gasteiger partial charge in [0, 0.05) is 19.4 Å². The molecule has 14 heteroatoms. The van der Waals surface area contributed by atoms with E-state index in [1.54, 1.807) is 42.5 Å². The summed E-state index contributed by atoms with van der Waals surface area (Å²) in [5, 5.41) is 1.09. The molecule has 0 aliphatic rings. The van der Waals surface area contributed by atoms with Gasteiger partial charge in [0.2, 0.25) is 17.5 Å². The Morgan fingerprint density at radius 1 is 0.976 bits per heavy atom. The number of nitrogens with two attached hydrogens (primary N) is 1. The van der Waals surface area contributed by atoms with E-state index in [0.29, 0.717) is 5.75 Å². The van der Waals surface area contributed by atoms with E-state index in [9.17, 15) is 13.2 Å². The summed E-state index contributed by atoms with van der Waals surface area (Å²) in [5.74, 6) is 5.66. The molecule has 0 aliphatic carbocycles. The van der Waals surface area contributed by atoms with Crippen LogP contribution in [0, 0.1) is 0 Å². The van der Waals surface area contributed by atoms with Crippen molar-refractivity contribution in [2.45, 2.75) is 36.1 Å². The number of para-hydroxylation sites is 2. The minimum Gasteiger partial charge on any atom is -0.493 e. The van der Waals surface area contributed by atoms with Gasteiger partial charge < -0.3 is 9.47 Å². The number of sulfonamides is 1. The van der Waals surface area contributed by atoms with Crippen molar-refractivity contribution in [3.05, 3.63) is 72.6 Å². The van der Waals surface area contributed by atoms with E-state index in [-0.39, 0.29) is 50.1 Å². The molecule has 0 saturated heterocycles. The molecule has 0 fully saturated rings. The van der Waals surface area contributed by atoms with Crippen molar-refractivity contribution in [3.63, 3.8) is 0 Å². The molecule has 42 heavy (non-hydrogen) atoms. The second-order valence-electron chi connectivity index (χ2n) is 10.0. The van der Waals surface area contributed by atoms with Gasteiger partial charge in [-0.3, -0.25) is 14.5 Å². The van der Waals surface area contributed by atoms with Crippen LogP contribution in [0.4, 0.5) is 5.82 Å². The second kappa shape index (κ2) is 12.7. The lowest BCUT2D eigenvalue weighted by Gasteiger charge is -2.20. The fourth-order valence-electron chi connectivity index (χ4n) is 3.57. The summed E-state index contributed by atoms with van der Waals surface area (Å²) in [6.45, 7) is 6.12. The zero-order chi connectivity index (χ0) is 30.5. The van der Waals surface area contributed by atoms with Crippen molar-refractivity contribution in [2.75, 3.05) is 24.6 Å². The monoisotopic (exact) mass is 609 g/mol. The molecule has 220 valence electrons. The lowest BCUT2D eigenvalue weighted by molar-refractivity contribution is -0.127. The van der Waals surface area contributed by atoms with Crippen LogP contribution in [-0.2, 0) is 20.2 Å². The van der Waals surface area contributed by atoms with Gasteiger partial charge in [-0.25, -0.2) is 34.2 Å². The zero-order valence-electron chi connectivity index (χ0n) is 23.7. The number of hydrogen-bond donors (Lipinski definition) is 2. The van der Waals surface area contributed by atoms with Crippen molar-refractivity contribution in [1.82, 2.24) is 24.9 Å². The summed E-state index contributed by atoms with van der Waals surface area (Å²) in [6, 6.07) is 15.0. The standard InChI is InChI=1S/C28H31N7O5S2/c1-28(2,3)18-11-13-19(14-12-18)42(37,38)34-24-23(40-21-10-7-6-9-20(21)39-5)27(41-17-22(36)35(4)29)33-26(32-24)25-30-15-8-16-31-25/h6-16H,17,29H2,1-5H3,(H,32,33,34). The number of carbonyl (C=O) groups is 1. The molecule has 0 spiro atoms. The molecule has 0 atom stereocenters. The predicted octanol–water partition coefficient (Wildman–Crippen LogP) is 4.26. The van der Waals surface area contributed by atoms with Gasteiger partial charge in [0.1, 0.15) is 5.03 Å². The molecule has 2 aromatic heterocycles. The van der Waals surface area contributed by atoms with Crippen LogP contribution in [-0.4, -0.2) is 59.2 Å². The molecule has 2 heterocycles. The van der Waals surface area contributed by atoms with Crippen LogP contribution in [0.15, 0.2) is 76.9 Å². The fourth-order valence-corrected chi connectivity index (χ4v) is 5.46. The summed E-state index contributed by atoms with van der Waals surface area (Å²) < 4.78 is 41.4. The van der Waals surface area contributed by atoms with Crippen molar-refractivity contribution in [2.24, 2.45) is 5.84 Å². The number of hydrazine groups is 1. The smallest absolute Gasteiger partial charge is 0.263 e. The third-order valence-electron chi connectivity index (χ3n) is 5.87. The van der Waals surface area contributed by atoms with Crippen molar-refractivity contribution >= 4 is 33.5 Å². The molecule has 2 aromatic carbocycles. The molecule has 0 saturated carbocycles. The molecule has 0 aliphatic heterocycles. The molecule has 4 rings (SSSR count). The third kappa shape index (κ3) is 7.32. The first-order chi connectivity index (χ1) is 19.9. The van der Waals surface area contributed by atoms with Crippen LogP contribution in [0.2, 0.25) is 0 Å². The van der Waals surface area contributed by atoms with E-state index in [0.717, 1.165) is 22.3 Å². The largest absolute Gasteiger partial charge is 0.493 e. The average Bonchev–Trinajstić information content (AvgIpc) is 2.97. The Labute approximate surface area is 248 Å². The highest BCUT2D eigenvalue weighted by Gasteiger charge is 2.26. The predicted molar refractivity (Wildman–Crippen MR) is 160 cm³/mol. The first-order valence-electron chi connectivity index (χ1n) is 12.7. The van der Waals surface area contributed by atoms with Crippen LogP contribution >= 0.6 is 11.8 Å². The van der Waals surface area contributed by atoms with Gasteiger partial charge in [-0.2, -0.15) is 0 Å². The SMILES string of the molecule is COc1ccccc1Oc1c(NS(=O)(=O)c2ccc(C(C)(C)C)cc2)nc(-c2ncccn2)nc1SCC(=O)N(C)N. The molecule has 3 N–H and O–H groups in total. The Morgan fingerprint density at radius 2 is 1.62 bits per heavy atom. The number of aromatic nitrogens is 4. The summed E-state index contributed by atoms with van der Waals surface area (Å²) in [4.78, 5) is 29.8. The molecular weight excluding hydrogens is 578 g/mol. The highest BCUT2D eigenvalue weighted by molar-refractivity contribution is 8.00. The normalized spacial score (nSPS) is 11.6. The number of ether oxygens (including phenoxy) is 2. The van der Waals surface area contributed by atoms with Crippen LogP contribution in [0.5, 0.6) is 17.2 Å². The van der Waals surface area contributed by atoms with Crippen LogP contribution in [0.3, 0.4) is 0 Å². The van der Waals surface area contributed by atoms with E-state index in [2.05, 4.69) is 24.7 Å². The van der Waals surface area contributed by atoms with Gasteiger partial charge in [0.15, 0.2) is 23.1 Å². The highest BCUT2D eigenvalue weighted by atomic mass is 32.2. The van der Waals surface area contributed by atoms with Crippen LogP contribution in [0.1, 0.15) is 26.3 Å². The number of methoxy groups -OCH3 is 1. The maximum absolute atomic E-state index is 13.6. The molecule has 0 unspecified atom stereocenters. The minimum absolute atomic E-state index is 0.0137. The van der Waals surface area contributed by atoms with E-state index >= 15 is 0 Å². The van der Waals surface area contributed by atoms with Gasteiger partial charge in [-0.1, -0.05) is 56.8 Å². The Balaban J connectivity index is 1.87. The quantitative estimate of drug-likeness (QED) is 0.0868. The number of nitrogens with zero attached hydrogens (tertiary/aromatic N) is 5. The van der Waals surface area contributed by atoms with E-state index in [1.165, 1.54) is 38.7 Å². The van der Waals surface area contributed by atoms with Gasteiger partial charge >= 0.3 is 0 Å². The number of benzene rings is 2. The van der Waals surface area contributed by atoms with Crippen molar-refractivity contribution < 1.29 is 22.7 Å². The third-order valence-corrected chi connectivity index (χ3v) is 8.17. The number of rotatable bonds is 10. The van der Waals surface area contributed by atoms with E-state index < -0.39 is 15.9 Å². The van der Waals surface area contributed by atoms with Gasteiger partial charge in [-0.15, -0.1) is 0 Å². The lowest BCUT2D eigenvalue weighted by atomic mass is 9.87. The summed E-state index contributed by atoms with van der Waals surface area (Å²) >= 11 is 0.987. The van der Waals surface area contributed by atoms with Gasteiger partial charge in [0.05, 0.1) is 17.8 Å². The fraction of sp³-hybridized carbons (Fsp3) is 0.250. The molecule has 0 radical (unpaired) electrons. The zero-order valence-corrected chi connectivity index (χ0v) is 25.4. The Morgan fingerprint density at radius 3 is 2.21 bits per heavy atom. The number of amides is 1. The van der Waals surface area contributed by atoms with Gasteiger partial charge in [-0.05, 0) is 41.3 Å². The van der Waals surface area contributed by atoms with Crippen molar-refractivity contribution in [3.8, 4) is 28.9 Å². The summed E-state index contributed by atoms with van der Waals surface area (Å²) in [7, 11) is -1.27. The summed E-state index contributed by atoms with van der Waals surface area (Å²) in [5.41, 5.74) is 0.810. The Hall–Kier alpha value is -4.27. The molecule has 1 amide bonds. The number of nitrogens with one attached hydrogen (secondary N) is 1. The molecule has 4 aromatic rings. The number of hydrogen-bond acceptors (Lipinski definition) is 11. The molecule has 0 bridgehead atoms. The number of anilines is 1. The molecule has 12 nitrogen and oxygen atoms in total. The average molecular weight is 610 g/mol. The first-order valence-corrected chi connectivity index (χ1v) is 15.1. The lowest BCUT2D eigenvalue weighted by Crippen LogP contribution is -2.34. The number of carbonyl (C=O) groups excluding carboxylic acids is 1. The highest BCUT2D eigenvalue weighted by Crippen LogP contribution is 2.41. The van der Waals surface area contributed by atoms with Crippen LogP contribution < -0.4 is 20.0 Å². The second-order valence-corrected chi connectivity index (χ2v) is 12.7. The van der Waals surface area contributed by atoms with Gasteiger partial charge in [0.25, 0.3) is 10.0 Å². The van der Waals surface area contributed by atoms with Crippen LogP contribution in [0.25, 0.3) is 11.6 Å². The topological polar surface area (TPSA) is 163 Å². The van der Waals surface area contributed by atoms with Crippen molar-refractivity contribution in [1.29, 1.82) is 0 Å².